The Morgan fingerprint density at radius 3 is 1.81 bits per heavy atom. The van der Waals surface area contributed by atoms with E-state index in [4.69, 9.17) is 23.9 Å². The monoisotopic (exact) mass is 716 g/mol. The van der Waals surface area contributed by atoms with Crippen molar-refractivity contribution in [2.75, 3.05) is 65.6 Å². The van der Waals surface area contributed by atoms with E-state index in [1.807, 2.05) is 31.8 Å². The molecule has 5 heterocycles. The van der Waals surface area contributed by atoms with Crippen molar-refractivity contribution in [3.8, 4) is 23.0 Å². The second-order valence-corrected chi connectivity index (χ2v) is 14.1. The zero-order valence-corrected chi connectivity index (χ0v) is 30.6. The molecule has 0 radical (unpaired) electrons. The van der Waals surface area contributed by atoms with E-state index < -0.39 is 0 Å². The smallest absolute Gasteiger partial charge is 0.260 e. The van der Waals surface area contributed by atoms with Crippen LogP contribution in [0.3, 0.4) is 0 Å². The van der Waals surface area contributed by atoms with Crippen molar-refractivity contribution in [1.82, 2.24) is 14.7 Å². The zero-order valence-electron chi connectivity index (χ0n) is 30.6. The lowest BCUT2D eigenvalue weighted by Crippen LogP contribution is -2.44. The average molecular weight is 717 g/mol. The van der Waals surface area contributed by atoms with Crippen molar-refractivity contribution in [3.63, 3.8) is 0 Å². The predicted molar refractivity (Wildman–Crippen MR) is 205 cm³/mol. The van der Waals surface area contributed by atoms with Crippen molar-refractivity contribution in [2.24, 2.45) is 9.98 Å². The molecule has 12 heteroatoms. The number of likely N-dealkylation sites (N-methyl/N-ethyl adjacent to an activating group) is 1. The van der Waals surface area contributed by atoms with Gasteiger partial charge in [-0.05, 0) is 55.8 Å². The molecule has 0 unspecified atom stereocenters. The molecule has 2 amide bonds. The third-order valence-electron chi connectivity index (χ3n) is 10.5. The number of rotatable bonds is 10. The number of aliphatic imine (C=N–C) groups is 2. The molecule has 2 atom stereocenters. The number of methoxy groups -OCH3 is 2. The van der Waals surface area contributed by atoms with E-state index in [-0.39, 0.29) is 23.9 Å². The van der Waals surface area contributed by atoms with Gasteiger partial charge in [-0.1, -0.05) is 17.7 Å². The Morgan fingerprint density at radius 1 is 0.698 bits per heavy atom. The maximum absolute atomic E-state index is 13.9. The molecule has 0 aromatic heterocycles. The number of ether oxygens (including phenoxy) is 4. The van der Waals surface area contributed by atoms with Crippen molar-refractivity contribution in [1.29, 1.82) is 0 Å². The third kappa shape index (κ3) is 6.74. The number of fused-ring (bicyclic) bond motifs is 4. The van der Waals surface area contributed by atoms with Crippen LogP contribution in [0.15, 0.2) is 76.5 Å². The highest BCUT2D eigenvalue weighted by Gasteiger charge is 2.34. The van der Waals surface area contributed by atoms with E-state index in [1.165, 1.54) is 5.69 Å². The van der Waals surface area contributed by atoms with Crippen LogP contribution in [0.4, 0.5) is 17.1 Å². The van der Waals surface area contributed by atoms with Gasteiger partial charge in [0.2, 0.25) is 0 Å². The third-order valence-corrected chi connectivity index (χ3v) is 10.5. The van der Waals surface area contributed by atoms with Crippen molar-refractivity contribution < 1.29 is 28.5 Å². The number of carbonyl (C=O) groups excluding carboxylic acids is 2. The predicted octanol–water partition coefficient (Wildman–Crippen LogP) is 6.11. The van der Waals surface area contributed by atoms with Crippen LogP contribution in [0.5, 0.6) is 23.0 Å². The summed E-state index contributed by atoms with van der Waals surface area (Å²) in [5, 5.41) is 0. The number of nitrogens with zero attached hydrogens (tertiary/aromatic N) is 6. The number of carbonyl (C=O) groups is 2. The fourth-order valence-electron chi connectivity index (χ4n) is 7.50. The Hall–Kier alpha value is -5.62. The van der Waals surface area contributed by atoms with Gasteiger partial charge in [0.05, 0.1) is 62.0 Å². The molecular formula is C41H44N6O6. The van der Waals surface area contributed by atoms with Crippen LogP contribution in [0, 0.1) is 0 Å². The molecular weight excluding hydrogens is 672 g/mol. The molecule has 5 aliphatic heterocycles. The molecule has 0 spiro atoms. The van der Waals surface area contributed by atoms with E-state index in [1.54, 1.807) is 48.3 Å². The van der Waals surface area contributed by atoms with Gasteiger partial charge in [0.25, 0.3) is 11.8 Å². The molecule has 8 rings (SSSR count). The van der Waals surface area contributed by atoms with Gasteiger partial charge in [0, 0.05) is 81.7 Å². The molecule has 274 valence electrons. The Labute approximate surface area is 309 Å². The van der Waals surface area contributed by atoms with Crippen molar-refractivity contribution in [2.45, 2.75) is 38.3 Å². The standard InChI is InChI=1S/C41H44N6O6/c1-26-16-30-22-42-34-20-38(36(50-3)18-32(34)40(48)46(30)24-26)52-14-5-15-53-39-21-35-33(19-37(39)51-4)41(49)47-25-28(17-31(47)23-43-35)27-6-8-29(9-7-27)45-12-10-44(2)11-13-45/h6-9,18-25,30-31H,5,10-17H2,1-4H3/t30-,31-/m0/s1. The summed E-state index contributed by atoms with van der Waals surface area (Å²) in [6.45, 7) is 6.84. The van der Waals surface area contributed by atoms with Crippen LogP contribution in [0.2, 0.25) is 0 Å². The number of benzene rings is 3. The maximum atomic E-state index is 13.9. The molecule has 1 fully saturated rings. The van der Waals surface area contributed by atoms with Gasteiger partial charge in [-0.25, -0.2) is 0 Å². The highest BCUT2D eigenvalue weighted by atomic mass is 16.5. The minimum absolute atomic E-state index is 0.0842. The van der Waals surface area contributed by atoms with E-state index in [0.717, 1.165) is 49.3 Å². The van der Waals surface area contributed by atoms with E-state index in [2.05, 4.69) is 46.1 Å². The molecule has 0 bridgehead atoms. The Bertz CT molecular complexity index is 2050. The number of amides is 2. The number of hydrogen-bond donors (Lipinski definition) is 0. The minimum Gasteiger partial charge on any atom is -0.493 e. The summed E-state index contributed by atoms with van der Waals surface area (Å²) in [6.07, 6.45) is 9.52. The van der Waals surface area contributed by atoms with E-state index >= 15 is 0 Å². The summed E-state index contributed by atoms with van der Waals surface area (Å²) in [4.78, 5) is 44.8. The zero-order chi connectivity index (χ0) is 36.6. The van der Waals surface area contributed by atoms with Crippen LogP contribution in [0.1, 0.15) is 52.5 Å². The molecule has 3 aromatic rings. The molecule has 3 aromatic carbocycles. The van der Waals surface area contributed by atoms with Crippen LogP contribution < -0.4 is 23.8 Å². The van der Waals surface area contributed by atoms with E-state index in [9.17, 15) is 9.59 Å². The highest BCUT2D eigenvalue weighted by Crippen LogP contribution is 2.41. The van der Waals surface area contributed by atoms with Gasteiger partial charge in [-0.2, -0.15) is 0 Å². The molecule has 5 aliphatic rings. The highest BCUT2D eigenvalue weighted by molar-refractivity contribution is 6.06. The second-order valence-electron chi connectivity index (χ2n) is 14.1. The summed E-state index contributed by atoms with van der Waals surface area (Å²) in [7, 11) is 5.27. The first kappa shape index (κ1) is 34.5. The lowest BCUT2D eigenvalue weighted by atomic mass is 10.0. The quantitative estimate of drug-likeness (QED) is 0.232. The molecule has 0 N–H and O–H groups in total. The fraction of sp³-hybridized carbons (Fsp3) is 0.366. The molecule has 12 nitrogen and oxygen atoms in total. The summed E-state index contributed by atoms with van der Waals surface area (Å²) in [5.74, 6) is 1.68. The largest absolute Gasteiger partial charge is 0.493 e. The molecule has 0 aliphatic carbocycles. The topological polar surface area (TPSA) is 109 Å². The van der Waals surface area contributed by atoms with E-state index in [0.29, 0.717) is 71.6 Å². The van der Waals surface area contributed by atoms with Gasteiger partial charge in [0.1, 0.15) is 0 Å². The van der Waals surface area contributed by atoms with Gasteiger partial charge in [-0.15, -0.1) is 0 Å². The first-order valence-corrected chi connectivity index (χ1v) is 18.1. The number of anilines is 1. The maximum Gasteiger partial charge on any atom is 0.260 e. The van der Waals surface area contributed by atoms with Crippen molar-refractivity contribution >= 4 is 46.9 Å². The van der Waals surface area contributed by atoms with Crippen LogP contribution in [0.25, 0.3) is 5.57 Å². The second kappa shape index (κ2) is 14.4. The molecule has 1 saturated heterocycles. The average Bonchev–Trinajstić information content (AvgIpc) is 3.72. The lowest BCUT2D eigenvalue weighted by molar-refractivity contribution is 0.0809. The summed E-state index contributed by atoms with van der Waals surface area (Å²) < 4.78 is 23.5. The first-order chi connectivity index (χ1) is 25.8. The number of hydrogen-bond acceptors (Lipinski definition) is 10. The SMILES string of the molecule is COc1cc2c(cc1OCCCOc1cc3c(cc1OC)C(=O)N1C=C(c4ccc(N5CCN(C)CC5)cc4)C[C@H]1C=N3)N=C[C@@H]1CC(C)=CN1C2=O. The fourth-order valence-corrected chi connectivity index (χ4v) is 7.50. The van der Waals surface area contributed by atoms with Crippen molar-refractivity contribution in [3.05, 3.63) is 83.2 Å². The van der Waals surface area contributed by atoms with Crippen LogP contribution in [-0.4, -0.2) is 112 Å². The number of piperazine rings is 1. The van der Waals surface area contributed by atoms with Gasteiger partial charge in [0.15, 0.2) is 23.0 Å². The van der Waals surface area contributed by atoms with Crippen LogP contribution >= 0.6 is 0 Å². The normalized spacial score (nSPS) is 20.6. The Balaban J connectivity index is 0.901. The summed E-state index contributed by atoms with van der Waals surface area (Å²) in [6, 6.07) is 15.3. The van der Waals surface area contributed by atoms with Gasteiger partial charge in [-0.3, -0.25) is 19.6 Å². The molecule has 53 heavy (non-hydrogen) atoms. The summed E-state index contributed by atoms with van der Waals surface area (Å²) in [5.41, 5.74) is 6.61. The molecule has 0 saturated carbocycles. The Kier molecular flexibility index (Phi) is 9.38. The minimum atomic E-state index is -0.179. The first-order valence-electron chi connectivity index (χ1n) is 18.1. The lowest BCUT2D eigenvalue weighted by Gasteiger charge is -2.34. The van der Waals surface area contributed by atoms with Gasteiger partial charge >= 0.3 is 0 Å². The van der Waals surface area contributed by atoms with Crippen LogP contribution in [-0.2, 0) is 0 Å². The van der Waals surface area contributed by atoms with Gasteiger partial charge < -0.3 is 38.5 Å². The summed E-state index contributed by atoms with van der Waals surface area (Å²) >= 11 is 0. The Morgan fingerprint density at radius 2 is 1.25 bits per heavy atom.